The molecule has 0 aliphatic heterocycles. The number of rotatable bonds is 3. The zero-order valence-electron chi connectivity index (χ0n) is 13.6. The lowest BCUT2D eigenvalue weighted by atomic mass is 9.22. The summed E-state index contributed by atoms with van der Waals surface area (Å²) in [7, 11) is 0. The Hall–Kier alpha value is -0.0400. The molecule has 13 unspecified atom stereocenters. The van der Waals surface area contributed by atoms with Gasteiger partial charge in [-0.25, -0.2) is 0 Å². The monoisotopic (exact) mass is 285 g/mol. The van der Waals surface area contributed by atoms with Gasteiger partial charge in [-0.3, -0.25) is 0 Å². The molecular formula is C20H31N. The molecule has 21 heavy (non-hydrogen) atoms. The molecular weight excluding hydrogens is 254 g/mol. The Kier molecular flexibility index (Phi) is 2.19. The Labute approximate surface area is 129 Å². The van der Waals surface area contributed by atoms with Gasteiger partial charge in [-0.05, 0) is 103 Å². The van der Waals surface area contributed by atoms with E-state index in [4.69, 9.17) is 5.73 Å². The van der Waals surface area contributed by atoms with Crippen molar-refractivity contribution in [2.75, 3.05) is 6.54 Å². The predicted octanol–water partition coefficient (Wildman–Crippen LogP) is 3.64. The minimum atomic E-state index is 0.929. The Bertz CT molecular complexity index is 480. The van der Waals surface area contributed by atoms with Gasteiger partial charge in [0.25, 0.3) is 0 Å². The summed E-state index contributed by atoms with van der Waals surface area (Å²) in [4.78, 5) is 0. The highest BCUT2D eigenvalue weighted by atomic mass is 14.8. The highest BCUT2D eigenvalue weighted by Gasteiger charge is 2.77. The molecule has 0 radical (unpaired) electrons. The quantitative estimate of drug-likeness (QED) is 0.842. The van der Waals surface area contributed by atoms with Crippen LogP contribution in [0.25, 0.3) is 0 Å². The fourth-order valence-corrected chi connectivity index (χ4v) is 9.30. The van der Waals surface area contributed by atoms with Crippen molar-refractivity contribution in [3.05, 3.63) is 0 Å². The Morgan fingerprint density at radius 3 is 2.00 bits per heavy atom. The van der Waals surface area contributed by atoms with Gasteiger partial charge in [0.05, 0.1) is 0 Å². The van der Waals surface area contributed by atoms with Crippen LogP contribution in [0, 0.1) is 76.9 Å². The van der Waals surface area contributed by atoms with Crippen LogP contribution in [0.4, 0.5) is 0 Å². The van der Waals surface area contributed by atoms with Gasteiger partial charge in [-0.15, -0.1) is 0 Å². The molecule has 0 saturated heterocycles. The highest BCUT2D eigenvalue weighted by molar-refractivity contribution is 5.25. The zero-order chi connectivity index (χ0) is 14.0. The van der Waals surface area contributed by atoms with Crippen LogP contribution in [-0.2, 0) is 0 Å². The summed E-state index contributed by atoms with van der Waals surface area (Å²) in [6.45, 7) is 6.00. The largest absolute Gasteiger partial charge is 0.330 e. The summed E-state index contributed by atoms with van der Waals surface area (Å²) < 4.78 is 0. The third-order valence-corrected chi connectivity index (χ3v) is 10.1. The van der Waals surface area contributed by atoms with Crippen LogP contribution in [-0.4, -0.2) is 6.54 Å². The van der Waals surface area contributed by atoms with Crippen molar-refractivity contribution in [1.82, 2.24) is 0 Å². The maximum absolute atomic E-state index is 5.98. The van der Waals surface area contributed by atoms with Crippen LogP contribution in [0.5, 0.6) is 0 Å². The molecule has 116 valence electrons. The van der Waals surface area contributed by atoms with E-state index in [2.05, 4.69) is 13.8 Å². The average Bonchev–Trinajstić information content (AvgIpc) is 2.41. The number of hydrogen-bond acceptors (Lipinski definition) is 1. The number of hydrogen-bond donors (Lipinski definition) is 1. The normalized spacial score (nSPS) is 71.9. The van der Waals surface area contributed by atoms with E-state index in [-0.39, 0.29) is 0 Å². The first-order chi connectivity index (χ1) is 10.3. The molecule has 13 atom stereocenters. The van der Waals surface area contributed by atoms with E-state index in [9.17, 15) is 0 Å². The molecule has 0 aromatic heterocycles. The molecule has 6 saturated carbocycles. The minimum Gasteiger partial charge on any atom is -0.330 e. The molecule has 1 heteroatoms. The Morgan fingerprint density at radius 1 is 0.714 bits per heavy atom. The van der Waals surface area contributed by atoms with Crippen molar-refractivity contribution in [2.24, 2.45) is 82.7 Å². The number of nitrogens with two attached hydrogens (primary N) is 1. The molecule has 0 bridgehead atoms. The van der Waals surface area contributed by atoms with Gasteiger partial charge < -0.3 is 5.73 Å². The molecule has 0 amide bonds. The second-order valence-corrected chi connectivity index (χ2v) is 9.85. The van der Waals surface area contributed by atoms with Crippen LogP contribution in [0.15, 0.2) is 0 Å². The lowest BCUT2D eigenvalue weighted by Gasteiger charge is -2.83. The first-order valence-electron chi connectivity index (χ1n) is 9.96. The van der Waals surface area contributed by atoms with E-state index < -0.39 is 0 Å². The van der Waals surface area contributed by atoms with Gasteiger partial charge in [0, 0.05) is 0 Å². The summed E-state index contributed by atoms with van der Waals surface area (Å²) in [5.74, 6) is 14.7. The van der Waals surface area contributed by atoms with Crippen molar-refractivity contribution in [3.63, 3.8) is 0 Å². The molecule has 6 aliphatic rings. The SMILES string of the molecule is CCC1CC2C1C(C)C2C1CC2C1C1C3C(CN)CC3C21. The second-order valence-electron chi connectivity index (χ2n) is 9.85. The van der Waals surface area contributed by atoms with Crippen LogP contribution >= 0.6 is 0 Å². The van der Waals surface area contributed by atoms with Crippen LogP contribution in [0.3, 0.4) is 0 Å². The molecule has 6 rings (SSSR count). The molecule has 1 nitrogen and oxygen atoms in total. The van der Waals surface area contributed by atoms with Crippen molar-refractivity contribution in [1.29, 1.82) is 0 Å². The van der Waals surface area contributed by atoms with Gasteiger partial charge in [0.2, 0.25) is 0 Å². The second kappa shape index (κ2) is 3.71. The zero-order valence-corrected chi connectivity index (χ0v) is 13.6. The van der Waals surface area contributed by atoms with Gasteiger partial charge in [0.15, 0.2) is 0 Å². The van der Waals surface area contributed by atoms with E-state index in [1.54, 1.807) is 12.8 Å². The van der Waals surface area contributed by atoms with E-state index in [1.807, 2.05) is 0 Å². The Morgan fingerprint density at radius 2 is 1.33 bits per heavy atom. The van der Waals surface area contributed by atoms with Crippen molar-refractivity contribution in [2.45, 2.75) is 39.5 Å². The summed E-state index contributed by atoms with van der Waals surface area (Å²) >= 11 is 0. The maximum atomic E-state index is 5.98. The van der Waals surface area contributed by atoms with E-state index in [1.165, 1.54) is 30.6 Å². The summed E-state index contributed by atoms with van der Waals surface area (Å²) in [5, 5.41) is 0. The summed E-state index contributed by atoms with van der Waals surface area (Å²) in [6, 6.07) is 0. The van der Waals surface area contributed by atoms with E-state index in [0.717, 1.165) is 65.7 Å². The van der Waals surface area contributed by atoms with Gasteiger partial charge in [-0.2, -0.15) is 0 Å². The van der Waals surface area contributed by atoms with Crippen molar-refractivity contribution in [3.8, 4) is 0 Å². The van der Waals surface area contributed by atoms with Crippen LogP contribution in [0.2, 0.25) is 0 Å². The van der Waals surface area contributed by atoms with E-state index in [0.29, 0.717) is 0 Å². The molecule has 0 aromatic carbocycles. The standard InChI is InChI=1S/C20H31N/c1-3-9-4-11-15(9)8(2)16(11)13-6-14-18-12-5-10(7-21)17(12)20(18)19(13)14/h8-20H,3-7,21H2,1-2H3. The third kappa shape index (κ3) is 1.12. The summed E-state index contributed by atoms with van der Waals surface area (Å²) in [5.41, 5.74) is 5.98. The fourth-order valence-electron chi connectivity index (χ4n) is 9.30. The minimum absolute atomic E-state index is 0.929. The lowest BCUT2D eigenvalue weighted by molar-refractivity contribution is -0.353. The molecule has 0 spiro atoms. The highest BCUT2D eigenvalue weighted by Crippen LogP contribution is 2.82. The van der Waals surface area contributed by atoms with Gasteiger partial charge in [0.1, 0.15) is 0 Å². The van der Waals surface area contributed by atoms with Crippen molar-refractivity contribution >= 4 is 0 Å². The topological polar surface area (TPSA) is 26.0 Å². The predicted molar refractivity (Wildman–Crippen MR) is 84.2 cm³/mol. The lowest BCUT2D eigenvalue weighted by Crippen LogP contribution is -2.79. The molecule has 2 N–H and O–H groups in total. The van der Waals surface area contributed by atoms with Crippen LogP contribution < -0.4 is 5.73 Å². The first-order valence-corrected chi connectivity index (χ1v) is 9.96. The number of fused-ring (bicyclic) bond motifs is 8. The van der Waals surface area contributed by atoms with Gasteiger partial charge >= 0.3 is 0 Å². The van der Waals surface area contributed by atoms with Crippen molar-refractivity contribution < 1.29 is 0 Å². The average molecular weight is 285 g/mol. The van der Waals surface area contributed by atoms with Crippen LogP contribution in [0.1, 0.15) is 39.5 Å². The summed E-state index contributed by atoms with van der Waals surface area (Å²) in [6.07, 6.45) is 6.17. The van der Waals surface area contributed by atoms with E-state index >= 15 is 0 Å². The Balaban J connectivity index is 1.16. The molecule has 6 aliphatic carbocycles. The smallest absolute Gasteiger partial charge is 0.00459 e. The molecule has 6 fully saturated rings. The fraction of sp³-hybridized carbons (Fsp3) is 1.00. The third-order valence-electron chi connectivity index (χ3n) is 10.1. The first kappa shape index (κ1) is 12.4. The van der Waals surface area contributed by atoms with Gasteiger partial charge in [-0.1, -0.05) is 20.3 Å². The molecule has 0 heterocycles. The molecule has 0 aromatic rings. The maximum Gasteiger partial charge on any atom is -0.00459 e.